The predicted octanol–water partition coefficient (Wildman–Crippen LogP) is 0.742. The Morgan fingerprint density at radius 1 is 1.32 bits per heavy atom. The number of aliphatic carboxylic acids is 1. The van der Waals surface area contributed by atoms with E-state index in [9.17, 15) is 9.59 Å². The van der Waals surface area contributed by atoms with Crippen LogP contribution in [0, 0.1) is 5.92 Å². The van der Waals surface area contributed by atoms with Gasteiger partial charge in [-0.3, -0.25) is 4.79 Å². The molecule has 3 atom stereocenters. The fraction of sp³-hybridized carbons (Fsp3) is 0.429. The maximum absolute atomic E-state index is 11.8. The van der Waals surface area contributed by atoms with E-state index in [0.717, 1.165) is 12.0 Å². The molecule has 5 heteroatoms. The lowest BCUT2D eigenvalue weighted by atomic mass is 10.1. The van der Waals surface area contributed by atoms with Crippen molar-refractivity contribution in [3.05, 3.63) is 35.9 Å². The number of benzene rings is 1. The SMILES string of the molecule is O=C(NCC[C@H](O)C(=O)O)C1CC1c1ccccc1. The molecule has 5 nitrogen and oxygen atoms in total. The van der Waals surface area contributed by atoms with Gasteiger partial charge in [-0.15, -0.1) is 0 Å². The normalized spacial score (nSPS) is 22.6. The number of carbonyl (C=O) groups excluding carboxylic acids is 1. The van der Waals surface area contributed by atoms with Gasteiger partial charge in [-0.2, -0.15) is 0 Å². The monoisotopic (exact) mass is 263 g/mol. The fourth-order valence-electron chi connectivity index (χ4n) is 2.14. The van der Waals surface area contributed by atoms with E-state index in [-0.39, 0.29) is 30.7 Å². The van der Waals surface area contributed by atoms with E-state index in [1.807, 2.05) is 30.3 Å². The third-order valence-corrected chi connectivity index (χ3v) is 3.36. The fourth-order valence-corrected chi connectivity index (χ4v) is 2.14. The molecule has 2 unspecified atom stereocenters. The molecular weight excluding hydrogens is 246 g/mol. The highest BCUT2D eigenvalue weighted by molar-refractivity contribution is 5.83. The van der Waals surface area contributed by atoms with Crippen LogP contribution in [-0.2, 0) is 9.59 Å². The highest BCUT2D eigenvalue weighted by Gasteiger charge is 2.43. The van der Waals surface area contributed by atoms with Crippen LogP contribution in [0.3, 0.4) is 0 Å². The summed E-state index contributed by atoms with van der Waals surface area (Å²) in [5.41, 5.74) is 1.16. The lowest BCUT2D eigenvalue weighted by Crippen LogP contribution is -2.31. The number of carbonyl (C=O) groups is 2. The average molecular weight is 263 g/mol. The van der Waals surface area contributed by atoms with Crippen molar-refractivity contribution in [2.45, 2.75) is 24.9 Å². The molecule has 0 aromatic heterocycles. The van der Waals surface area contributed by atoms with Gasteiger partial charge >= 0.3 is 5.97 Å². The molecule has 0 aliphatic heterocycles. The molecular formula is C14H17NO4. The first kappa shape index (κ1) is 13.5. The van der Waals surface area contributed by atoms with E-state index in [1.165, 1.54) is 0 Å². The van der Waals surface area contributed by atoms with Crippen LogP contribution in [0.1, 0.15) is 24.3 Å². The number of nitrogens with one attached hydrogen (secondary N) is 1. The minimum atomic E-state index is -1.41. The van der Waals surface area contributed by atoms with Crippen LogP contribution in [0.15, 0.2) is 30.3 Å². The summed E-state index contributed by atoms with van der Waals surface area (Å²) >= 11 is 0. The molecule has 0 radical (unpaired) electrons. The molecule has 1 amide bonds. The number of amides is 1. The minimum absolute atomic E-state index is 0.0237. The topological polar surface area (TPSA) is 86.6 Å². The Hall–Kier alpha value is -1.88. The molecule has 0 heterocycles. The maximum atomic E-state index is 11.8. The summed E-state index contributed by atoms with van der Waals surface area (Å²) in [4.78, 5) is 22.2. The van der Waals surface area contributed by atoms with Gasteiger partial charge in [0.05, 0.1) is 0 Å². The number of hydrogen-bond acceptors (Lipinski definition) is 3. The van der Waals surface area contributed by atoms with E-state index in [1.54, 1.807) is 0 Å². The molecule has 102 valence electrons. The van der Waals surface area contributed by atoms with E-state index < -0.39 is 12.1 Å². The van der Waals surface area contributed by atoms with Gasteiger partial charge in [0.15, 0.2) is 6.10 Å². The van der Waals surface area contributed by atoms with Crippen molar-refractivity contribution in [2.24, 2.45) is 5.92 Å². The second kappa shape index (κ2) is 5.84. The van der Waals surface area contributed by atoms with Crippen LogP contribution in [0.25, 0.3) is 0 Å². The van der Waals surface area contributed by atoms with Gasteiger partial charge in [0.25, 0.3) is 0 Å². The molecule has 3 N–H and O–H groups in total. The standard InChI is InChI=1S/C14H17NO4/c16-12(14(18)19)6-7-15-13(17)11-8-10(11)9-4-2-1-3-5-9/h1-5,10-12,16H,6-8H2,(H,15,17)(H,18,19)/t10?,11?,12-/m0/s1. The quantitative estimate of drug-likeness (QED) is 0.706. The van der Waals surface area contributed by atoms with E-state index in [0.29, 0.717) is 0 Å². The molecule has 1 saturated carbocycles. The molecule has 1 aromatic carbocycles. The van der Waals surface area contributed by atoms with Crippen LogP contribution in [0.5, 0.6) is 0 Å². The molecule has 1 fully saturated rings. The molecule has 19 heavy (non-hydrogen) atoms. The van der Waals surface area contributed by atoms with Crippen molar-refractivity contribution >= 4 is 11.9 Å². The van der Waals surface area contributed by atoms with E-state index >= 15 is 0 Å². The smallest absolute Gasteiger partial charge is 0.332 e. The molecule has 1 aliphatic rings. The van der Waals surface area contributed by atoms with E-state index in [2.05, 4.69) is 5.32 Å². The molecule has 2 rings (SSSR count). The second-order valence-electron chi connectivity index (χ2n) is 4.79. The summed E-state index contributed by atoms with van der Waals surface area (Å²) in [5.74, 6) is -1.08. The van der Waals surface area contributed by atoms with Crippen LogP contribution in [0.4, 0.5) is 0 Å². The summed E-state index contributed by atoms with van der Waals surface area (Å²) in [6.07, 6.45) is -0.550. The summed E-state index contributed by atoms with van der Waals surface area (Å²) in [7, 11) is 0. The third-order valence-electron chi connectivity index (χ3n) is 3.36. The first-order valence-corrected chi connectivity index (χ1v) is 6.33. The Morgan fingerprint density at radius 2 is 2.00 bits per heavy atom. The minimum Gasteiger partial charge on any atom is -0.479 e. The van der Waals surface area contributed by atoms with Gasteiger partial charge in [0.1, 0.15) is 0 Å². The Bertz CT molecular complexity index is 460. The lowest BCUT2D eigenvalue weighted by molar-refractivity contribution is -0.147. The van der Waals surface area contributed by atoms with Gasteiger partial charge < -0.3 is 15.5 Å². The van der Waals surface area contributed by atoms with Gasteiger partial charge in [-0.05, 0) is 17.9 Å². The zero-order chi connectivity index (χ0) is 13.8. The summed E-state index contributed by atoms with van der Waals surface area (Å²) in [6.45, 7) is 0.185. The average Bonchev–Trinajstić information content (AvgIpc) is 3.19. The summed E-state index contributed by atoms with van der Waals surface area (Å²) in [6, 6.07) is 9.85. The molecule has 0 saturated heterocycles. The van der Waals surface area contributed by atoms with Crippen LogP contribution < -0.4 is 5.32 Å². The number of hydrogen-bond donors (Lipinski definition) is 3. The van der Waals surface area contributed by atoms with Gasteiger partial charge in [0.2, 0.25) is 5.91 Å². The van der Waals surface area contributed by atoms with Crippen LogP contribution >= 0.6 is 0 Å². The highest BCUT2D eigenvalue weighted by Crippen LogP contribution is 2.47. The van der Waals surface area contributed by atoms with Gasteiger partial charge in [-0.25, -0.2) is 4.79 Å². The largest absolute Gasteiger partial charge is 0.479 e. The molecule has 1 aromatic rings. The van der Waals surface area contributed by atoms with Crippen LogP contribution in [-0.4, -0.2) is 34.7 Å². The van der Waals surface area contributed by atoms with Crippen molar-refractivity contribution in [3.63, 3.8) is 0 Å². The first-order valence-electron chi connectivity index (χ1n) is 6.33. The number of aliphatic hydroxyl groups excluding tert-OH is 1. The summed E-state index contributed by atoms with van der Waals surface area (Å²) < 4.78 is 0. The second-order valence-corrected chi connectivity index (χ2v) is 4.79. The van der Waals surface area contributed by atoms with E-state index in [4.69, 9.17) is 10.2 Å². The zero-order valence-electron chi connectivity index (χ0n) is 10.5. The van der Waals surface area contributed by atoms with Crippen molar-refractivity contribution in [3.8, 4) is 0 Å². The van der Waals surface area contributed by atoms with Gasteiger partial charge in [-0.1, -0.05) is 30.3 Å². The van der Waals surface area contributed by atoms with Gasteiger partial charge in [0, 0.05) is 18.9 Å². The molecule has 1 aliphatic carbocycles. The van der Waals surface area contributed by atoms with Crippen molar-refractivity contribution in [2.75, 3.05) is 6.54 Å². The first-order chi connectivity index (χ1) is 9.09. The Balaban J connectivity index is 1.73. The highest BCUT2D eigenvalue weighted by atomic mass is 16.4. The Labute approximate surface area is 111 Å². The Morgan fingerprint density at radius 3 is 2.63 bits per heavy atom. The number of rotatable bonds is 6. The zero-order valence-corrected chi connectivity index (χ0v) is 10.5. The van der Waals surface area contributed by atoms with Crippen molar-refractivity contribution < 1.29 is 19.8 Å². The number of aliphatic hydroxyl groups is 1. The van der Waals surface area contributed by atoms with Crippen molar-refractivity contribution in [1.29, 1.82) is 0 Å². The Kier molecular flexibility index (Phi) is 4.16. The summed E-state index contributed by atoms with van der Waals surface area (Å²) in [5, 5.41) is 20.2. The van der Waals surface area contributed by atoms with Crippen molar-refractivity contribution in [1.82, 2.24) is 5.32 Å². The number of carboxylic acids is 1. The molecule has 0 bridgehead atoms. The predicted molar refractivity (Wildman–Crippen MR) is 68.6 cm³/mol. The molecule has 0 spiro atoms. The number of carboxylic acid groups (broad SMARTS) is 1. The van der Waals surface area contributed by atoms with Crippen LogP contribution in [0.2, 0.25) is 0 Å². The lowest BCUT2D eigenvalue weighted by Gasteiger charge is -2.07. The maximum Gasteiger partial charge on any atom is 0.332 e. The third kappa shape index (κ3) is 3.54.